The van der Waals surface area contributed by atoms with Gasteiger partial charge in [-0.25, -0.2) is 4.39 Å². The molecule has 1 aromatic rings. The van der Waals surface area contributed by atoms with Crippen LogP contribution in [0.15, 0.2) is 18.2 Å². The van der Waals surface area contributed by atoms with E-state index in [9.17, 15) is 9.18 Å². The van der Waals surface area contributed by atoms with Crippen LogP contribution in [0.2, 0.25) is 5.02 Å². The van der Waals surface area contributed by atoms with Crippen molar-refractivity contribution >= 4 is 17.5 Å². The molecule has 1 rings (SSSR count). The third-order valence-electron chi connectivity index (χ3n) is 2.11. The molecule has 0 atom stereocenters. The van der Waals surface area contributed by atoms with Crippen LogP contribution >= 0.6 is 11.6 Å². The van der Waals surface area contributed by atoms with Crippen molar-refractivity contribution in [2.24, 2.45) is 5.73 Å². The number of hydrogen-bond donors (Lipinski definition) is 2. The second-order valence-corrected chi connectivity index (χ2v) is 3.89. The van der Waals surface area contributed by atoms with Crippen LogP contribution in [-0.4, -0.2) is 12.5 Å². The van der Waals surface area contributed by atoms with E-state index in [2.05, 4.69) is 5.32 Å². The molecule has 0 spiro atoms. The molecule has 0 bridgehead atoms. The first kappa shape index (κ1) is 12.9. The Morgan fingerprint density at radius 3 is 2.88 bits per heavy atom. The predicted octanol–water partition coefficient (Wildman–Crippen LogP) is 1.83. The van der Waals surface area contributed by atoms with E-state index in [-0.39, 0.29) is 11.7 Å². The van der Waals surface area contributed by atoms with Crippen LogP contribution in [0, 0.1) is 5.82 Å². The van der Waals surface area contributed by atoms with Gasteiger partial charge in [-0.3, -0.25) is 4.79 Å². The number of carbonyl (C=O) groups is 1. The molecular formula is C11H14ClFN2O. The number of carbonyl (C=O) groups excluding carboxylic acids is 1. The topological polar surface area (TPSA) is 55.1 Å². The van der Waals surface area contributed by atoms with E-state index >= 15 is 0 Å². The van der Waals surface area contributed by atoms with Crippen LogP contribution in [-0.2, 0) is 11.3 Å². The third-order valence-corrected chi connectivity index (χ3v) is 2.46. The van der Waals surface area contributed by atoms with Gasteiger partial charge in [0.05, 0.1) is 0 Å². The maximum atomic E-state index is 12.7. The van der Waals surface area contributed by atoms with Crippen molar-refractivity contribution in [1.29, 1.82) is 0 Å². The summed E-state index contributed by atoms with van der Waals surface area (Å²) < 4.78 is 12.7. The van der Waals surface area contributed by atoms with Crippen molar-refractivity contribution in [2.45, 2.75) is 19.4 Å². The minimum atomic E-state index is -0.345. The summed E-state index contributed by atoms with van der Waals surface area (Å²) in [5.74, 6) is -0.649. The lowest BCUT2D eigenvalue weighted by Gasteiger charge is -2.06. The van der Waals surface area contributed by atoms with Gasteiger partial charge in [0.25, 0.3) is 0 Å². The van der Waals surface area contributed by atoms with Gasteiger partial charge in [-0.2, -0.15) is 0 Å². The number of halogens is 2. The number of hydrogen-bond acceptors (Lipinski definition) is 2. The first-order valence-corrected chi connectivity index (χ1v) is 5.40. The van der Waals surface area contributed by atoms with E-state index < -0.39 is 0 Å². The van der Waals surface area contributed by atoms with Crippen LogP contribution in [0.3, 0.4) is 0 Å². The summed E-state index contributed by atoms with van der Waals surface area (Å²) in [6.45, 7) is 1.23. The largest absolute Gasteiger partial charge is 0.370 e. The quantitative estimate of drug-likeness (QED) is 0.751. The molecule has 3 N–H and O–H groups in total. The van der Waals surface area contributed by atoms with Crippen LogP contribution in [0.4, 0.5) is 4.39 Å². The molecular weight excluding hydrogens is 231 g/mol. The number of amides is 1. The highest BCUT2D eigenvalue weighted by atomic mass is 35.5. The number of nitrogens with one attached hydrogen (secondary N) is 1. The van der Waals surface area contributed by atoms with Gasteiger partial charge in [-0.1, -0.05) is 17.7 Å². The van der Waals surface area contributed by atoms with Crippen molar-refractivity contribution in [3.8, 4) is 0 Å². The summed E-state index contributed by atoms with van der Waals surface area (Å²) in [7, 11) is 0. The third kappa shape index (κ3) is 4.59. The Balaban J connectivity index is 2.29. The Morgan fingerprint density at radius 2 is 2.25 bits per heavy atom. The van der Waals surface area contributed by atoms with Gasteiger partial charge in [0.15, 0.2) is 0 Å². The molecule has 16 heavy (non-hydrogen) atoms. The molecule has 0 unspecified atom stereocenters. The van der Waals surface area contributed by atoms with Crippen LogP contribution < -0.4 is 11.1 Å². The molecule has 1 amide bonds. The minimum absolute atomic E-state index is 0.304. The second-order valence-electron chi connectivity index (χ2n) is 3.48. The molecule has 1 aromatic carbocycles. The summed E-state index contributed by atoms with van der Waals surface area (Å²) in [5, 5.41) is 3.51. The fourth-order valence-corrected chi connectivity index (χ4v) is 1.51. The fourth-order valence-electron chi connectivity index (χ4n) is 1.28. The van der Waals surface area contributed by atoms with Crippen molar-refractivity contribution in [3.05, 3.63) is 34.6 Å². The molecule has 0 fully saturated rings. The van der Waals surface area contributed by atoms with E-state index in [1.165, 1.54) is 12.1 Å². The summed E-state index contributed by atoms with van der Waals surface area (Å²) in [4.78, 5) is 10.5. The zero-order valence-corrected chi connectivity index (χ0v) is 9.56. The predicted molar refractivity (Wildman–Crippen MR) is 61.5 cm³/mol. The molecule has 0 saturated heterocycles. The molecule has 0 aliphatic heterocycles. The van der Waals surface area contributed by atoms with E-state index in [1.54, 1.807) is 6.07 Å². The molecule has 0 aromatic heterocycles. The average Bonchev–Trinajstić information content (AvgIpc) is 2.20. The molecule has 0 saturated carbocycles. The molecule has 0 heterocycles. The average molecular weight is 245 g/mol. The lowest BCUT2D eigenvalue weighted by molar-refractivity contribution is -0.118. The smallest absolute Gasteiger partial charge is 0.217 e. The second kappa shape index (κ2) is 6.45. The van der Waals surface area contributed by atoms with E-state index in [1.807, 2.05) is 0 Å². The van der Waals surface area contributed by atoms with Crippen molar-refractivity contribution in [3.63, 3.8) is 0 Å². The lowest BCUT2D eigenvalue weighted by atomic mass is 10.2. The van der Waals surface area contributed by atoms with Crippen molar-refractivity contribution in [2.75, 3.05) is 6.54 Å². The van der Waals surface area contributed by atoms with Gasteiger partial charge in [-0.05, 0) is 30.7 Å². The zero-order valence-electron chi connectivity index (χ0n) is 8.80. The molecule has 0 radical (unpaired) electrons. The Kier molecular flexibility index (Phi) is 5.22. The normalized spacial score (nSPS) is 10.4. The first-order valence-electron chi connectivity index (χ1n) is 5.02. The number of primary amides is 1. The fraction of sp³-hybridized carbons (Fsp3) is 0.364. The summed E-state index contributed by atoms with van der Waals surface area (Å²) in [6.07, 6.45) is 1.05. The Labute approximate surface area is 98.8 Å². The highest BCUT2D eigenvalue weighted by Gasteiger charge is 2.01. The lowest BCUT2D eigenvalue weighted by Crippen LogP contribution is -2.18. The van der Waals surface area contributed by atoms with Gasteiger partial charge < -0.3 is 11.1 Å². The summed E-state index contributed by atoms with van der Waals surface area (Å²) >= 11 is 5.84. The van der Waals surface area contributed by atoms with E-state index in [0.29, 0.717) is 31.0 Å². The summed E-state index contributed by atoms with van der Waals surface area (Å²) in [5.41, 5.74) is 5.83. The van der Waals surface area contributed by atoms with Crippen LogP contribution in [0.5, 0.6) is 0 Å². The van der Waals surface area contributed by atoms with Gasteiger partial charge in [-0.15, -0.1) is 0 Å². The molecule has 88 valence electrons. The number of benzene rings is 1. The monoisotopic (exact) mass is 244 g/mol. The maximum Gasteiger partial charge on any atom is 0.217 e. The maximum absolute atomic E-state index is 12.7. The highest BCUT2D eigenvalue weighted by molar-refractivity contribution is 6.31. The Morgan fingerprint density at radius 1 is 1.50 bits per heavy atom. The number of nitrogens with two attached hydrogens (primary N) is 1. The van der Waals surface area contributed by atoms with Gasteiger partial charge in [0.2, 0.25) is 5.91 Å². The zero-order chi connectivity index (χ0) is 12.0. The van der Waals surface area contributed by atoms with E-state index in [4.69, 9.17) is 17.3 Å². The van der Waals surface area contributed by atoms with Crippen molar-refractivity contribution in [1.82, 2.24) is 5.32 Å². The van der Waals surface area contributed by atoms with Crippen molar-refractivity contribution < 1.29 is 9.18 Å². The Hall–Kier alpha value is -1.13. The molecule has 0 aliphatic carbocycles. The van der Waals surface area contributed by atoms with Crippen LogP contribution in [0.25, 0.3) is 0 Å². The van der Waals surface area contributed by atoms with Gasteiger partial charge in [0.1, 0.15) is 5.82 Å². The van der Waals surface area contributed by atoms with Gasteiger partial charge >= 0.3 is 0 Å². The van der Waals surface area contributed by atoms with E-state index in [0.717, 1.165) is 5.56 Å². The Bertz CT molecular complexity index is 371. The molecule has 3 nitrogen and oxygen atoms in total. The molecule has 5 heteroatoms. The van der Waals surface area contributed by atoms with Gasteiger partial charge in [0, 0.05) is 18.0 Å². The molecule has 0 aliphatic rings. The highest BCUT2D eigenvalue weighted by Crippen LogP contribution is 2.16. The standard InChI is InChI=1S/C11H14ClFN2O/c12-10-6-9(13)4-3-8(10)7-15-5-1-2-11(14)16/h3-4,6,15H,1-2,5,7H2,(H2,14,16). The summed E-state index contributed by atoms with van der Waals surface area (Å²) in [6, 6.07) is 4.28. The SMILES string of the molecule is NC(=O)CCCNCc1ccc(F)cc1Cl. The number of rotatable bonds is 6. The first-order chi connectivity index (χ1) is 7.59. The minimum Gasteiger partial charge on any atom is -0.370 e. The van der Waals surface area contributed by atoms with Crippen LogP contribution in [0.1, 0.15) is 18.4 Å².